The zero-order valence-corrected chi connectivity index (χ0v) is 19.0. The lowest BCUT2D eigenvalue weighted by molar-refractivity contribution is 0.0927. The van der Waals surface area contributed by atoms with Crippen LogP contribution in [0.4, 0.5) is 14.5 Å². The minimum atomic E-state index is -0.583. The summed E-state index contributed by atoms with van der Waals surface area (Å²) >= 11 is 0. The van der Waals surface area contributed by atoms with Crippen LogP contribution in [0, 0.1) is 11.6 Å². The molecule has 0 bridgehead atoms. The van der Waals surface area contributed by atoms with Crippen LogP contribution in [0.3, 0.4) is 0 Å². The van der Waals surface area contributed by atoms with Crippen LogP contribution in [0.15, 0.2) is 46.0 Å². The Bertz CT molecular complexity index is 848. The van der Waals surface area contributed by atoms with Gasteiger partial charge < -0.3 is 25.3 Å². The van der Waals surface area contributed by atoms with Crippen molar-refractivity contribution in [1.82, 2.24) is 16.0 Å². The van der Waals surface area contributed by atoms with Gasteiger partial charge in [0.15, 0.2) is 11.7 Å². The van der Waals surface area contributed by atoms with Gasteiger partial charge in [0.25, 0.3) is 5.91 Å². The molecule has 7 nitrogen and oxygen atoms in total. The summed E-state index contributed by atoms with van der Waals surface area (Å²) in [5.74, 6) is -0.528. The van der Waals surface area contributed by atoms with Gasteiger partial charge in [0.1, 0.15) is 11.6 Å². The Balaban J connectivity index is 0.00000320. The number of furan rings is 1. The second-order valence-electron chi connectivity index (χ2n) is 6.67. The SMILES string of the molecule is CCNC(=NCCNC(=O)c1ccco1)NC1CCN(c2ccc(F)cc2F)C1.I. The molecule has 0 spiro atoms. The number of anilines is 1. The molecule has 1 amide bonds. The van der Waals surface area contributed by atoms with Gasteiger partial charge in [0.05, 0.1) is 18.5 Å². The van der Waals surface area contributed by atoms with Crippen LogP contribution < -0.4 is 20.9 Å². The molecule has 1 unspecified atom stereocenters. The van der Waals surface area contributed by atoms with E-state index < -0.39 is 11.6 Å². The third-order valence-corrected chi connectivity index (χ3v) is 4.54. The molecule has 1 aliphatic rings. The largest absolute Gasteiger partial charge is 0.459 e. The van der Waals surface area contributed by atoms with E-state index >= 15 is 0 Å². The molecule has 1 atom stereocenters. The molecule has 1 fully saturated rings. The number of aliphatic imine (C=N–C) groups is 1. The maximum Gasteiger partial charge on any atom is 0.287 e. The summed E-state index contributed by atoms with van der Waals surface area (Å²) in [6.07, 6.45) is 2.25. The molecule has 164 valence electrons. The minimum absolute atomic E-state index is 0. The van der Waals surface area contributed by atoms with E-state index in [1.54, 1.807) is 12.1 Å². The van der Waals surface area contributed by atoms with Crippen LogP contribution in [0.1, 0.15) is 23.9 Å². The van der Waals surface area contributed by atoms with E-state index in [1.807, 2.05) is 11.8 Å². The Labute approximate surface area is 191 Å². The van der Waals surface area contributed by atoms with Gasteiger partial charge in [0.2, 0.25) is 0 Å². The fourth-order valence-electron chi connectivity index (χ4n) is 3.18. The second-order valence-corrected chi connectivity index (χ2v) is 6.67. The van der Waals surface area contributed by atoms with Gasteiger partial charge in [-0.25, -0.2) is 8.78 Å². The van der Waals surface area contributed by atoms with Crippen molar-refractivity contribution in [2.75, 3.05) is 37.6 Å². The summed E-state index contributed by atoms with van der Waals surface area (Å²) in [5.41, 5.74) is 0.401. The Morgan fingerprint density at radius 2 is 2.13 bits per heavy atom. The summed E-state index contributed by atoms with van der Waals surface area (Å²) in [6, 6.07) is 6.96. The first-order valence-electron chi connectivity index (χ1n) is 9.63. The molecule has 2 aromatic rings. The highest BCUT2D eigenvalue weighted by Gasteiger charge is 2.25. The predicted octanol–water partition coefficient (Wildman–Crippen LogP) is 2.74. The lowest BCUT2D eigenvalue weighted by atomic mass is 10.2. The molecular weight excluding hydrogens is 507 g/mol. The van der Waals surface area contributed by atoms with E-state index in [0.717, 1.165) is 12.5 Å². The number of guanidine groups is 1. The quantitative estimate of drug-likeness (QED) is 0.221. The van der Waals surface area contributed by atoms with Gasteiger partial charge in [-0.05, 0) is 37.6 Å². The van der Waals surface area contributed by atoms with Gasteiger partial charge in [-0.1, -0.05) is 0 Å². The number of nitrogens with zero attached hydrogens (tertiary/aromatic N) is 2. The van der Waals surface area contributed by atoms with Gasteiger partial charge in [-0.15, -0.1) is 24.0 Å². The molecule has 1 aromatic carbocycles. The summed E-state index contributed by atoms with van der Waals surface area (Å²) in [6.45, 7) is 4.66. The molecule has 0 radical (unpaired) electrons. The monoisotopic (exact) mass is 533 g/mol. The normalized spacial score (nSPS) is 16.2. The van der Waals surface area contributed by atoms with Crippen LogP contribution in [0.5, 0.6) is 0 Å². The molecule has 1 aromatic heterocycles. The number of nitrogens with one attached hydrogen (secondary N) is 3. The highest BCUT2D eigenvalue weighted by atomic mass is 127. The topological polar surface area (TPSA) is 81.9 Å². The molecular formula is C20H26F2IN5O2. The lowest BCUT2D eigenvalue weighted by Crippen LogP contribution is -2.45. The summed E-state index contributed by atoms with van der Waals surface area (Å²) in [5, 5.41) is 9.24. The van der Waals surface area contributed by atoms with Crippen LogP contribution in [-0.2, 0) is 0 Å². The number of carbonyl (C=O) groups excluding carboxylic acids is 1. The van der Waals surface area contributed by atoms with Crippen LogP contribution in [-0.4, -0.2) is 50.6 Å². The molecule has 3 rings (SSSR count). The molecule has 3 N–H and O–H groups in total. The van der Waals surface area contributed by atoms with E-state index in [9.17, 15) is 13.6 Å². The van der Waals surface area contributed by atoms with Gasteiger partial charge in [-0.2, -0.15) is 0 Å². The molecule has 0 saturated carbocycles. The van der Waals surface area contributed by atoms with Crippen LogP contribution in [0.2, 0.25) is 0 Å². The molecule has 30 heavy (non-hydrogen) atoms. The summed E-state index contributed by atoms with van der Waals surface area (Å²) in [4.78, 5) is 18.2. The van der Waals surface area contributed by atoms with Gasteiger partial charge in [0, 0.05) is 38.3 Å². The molecule has 10 heteroatoms. The third-order valence-electron chi connectivity index (χ3n) is 4.54. The summed E-state index contributed by atoms with van der Waals surface area (Å²) < 4.78 is 32.2. The van der Waals surface area contributed by atoms with E-state index in [1.165, 1.54) is 18.4 Å². The number of benzene rings is 1. The van der Waals surface area contributed by atoms with Crippen LogP contribution in [0.25, 0.3) is 0 Å². The third kappa shape index (κ3) is 6.57. The van der Waals surface area contributed by atoms with Crippen molar-refractivity contribution < 1.29 is 18.0 Å². The zero-order chi connectivity index (χ0) is 20.6. The van der Waals surface area contributed by atoms with E-state index in [0.29, 0.717) is 44.4 Å². The van der Waals surface area contributed by atoms with Gasteiger partial charge >= 0.3 is 0 Å². The average Bonchev–Trinajstić information content (AvgIpc) is 3.37. The maximum absolute atomic E-state index is 14.0. The smallest absolute Gasteiger partial charge is 0.287 e. The van der Waals surface area contributed by atoms with Gasteiger partial charge in [-0.3, -0.25) is 9.79 Å². The first-order chi connectivity index (χ1) is 14.1. The predicted molar refractivity (Wildman–Crippen MR) is 123 cm³/mol. The van der Waals surface area contributed by atoms with Crippen molar-refractivity contribution in [2.24, 2.45) is 4.99 Å². The average molecular weight is 533 g/mol. The van der Waals surface area contributed by atoms with Crippen molar-refractivity contribution in [1.29, 1.82) is 0 Å². The standard InChI is InChI=1S/C20H25F2N5O2.HI/c1-2-23-20(25-9-8-24-19(28)18-4-3-11-29-18)26-15-7-10-27(13-15)17-6-5-14(21)12-16(17)22;/h3-6,11-12,15H,2,7-10,13H2,1H3,(H,24,28)(H2,23,25,26);1H. The van der Waals surface area contributed by atoms with Crippen molar-refractivity contribution in [3.05, 3.63) is 54.0 Å². The van der Waals surface area contributed by atoms with Crippen molar-refractivity contribution in [3.8, 4) is 0 Å². The second kappa shape index (κ2) is 11.7. The zero-order valence-electron chi connectivity index (χ0n) is 16.7. The summed E-state index contributed by atoms with van der Waals surface area (Å²) in [7, 11) is 0. The maximum atomic E-state index is 14.0. The van der Waals surface area contributed by atoms with Crippen molar-refractivity contribution in [2.45, 2.75) is 19.4 Å². The fourth-order valence-corrected chi connectivity index (χ4v) is 3.18. The number of hydrogen-bond donors (Lipinski definition) is 3. The Kier molecular flexibility index (Phi) is 9.34. The van der Waals surface area contributed by atoms with Crippen molar-refractivity contribution in [3.63, 3.8) is 0 Å². The highest BCUT2D eigenvalue weighted by Crippen LogP contribution is 2.24. The Hall–Kier alpha value is -2.37. The van der Waals surface area contributed by atoms with Crippen molar-refractivity contribution >= 4 is 41.5 Å². The number of carbonyl (C=O) groups is 1. The lowest BCUT2D eigenvalue weighted by Gasteiger charge is -2.21. The number of rotatable bonds is 7. The number of amides is 1. The highest BCUT2D eigenvalue weighted by molar-refractivity contribution is 14.0. The molecule has 2 heterocycles. The minimum Gasteiger partial charge on any atom is -0.459 e. The van der Waals surface area contributed by atoms with E-state index in [2.05, 4.69) is 20.9 Å². The number of halogens is 3. The van der Waals surface area contributed by atoms with E-state index in [4.69, 9.17) is 4.42 Å². The van der Waals surface area contributed by atoms with E-state index in [-0.39, 0.29) is 41.7 Å². The molecule has 0 aliphatic carbocycles. The Morgan fingerprint density at radius 3 is 2.83 bits per heavy atom. The fraction of sp³-hybridized carbons (Fsp3) is 0.400. The molecule has 1 saturated heterocycles. The van der Waals surface area contributed by atoms with Crippen LogP contribution >= 0.6 is 24.0 Å². The number of hydrogen-bond acceptors (Lipinski definition) is 4. The first-order valence-corrected chi connectivity index (χ1v) is 9.63. The Morgan fingerprint density at radius 1 is 1.30 bits per heavy atom. The first kappa shape index (κ1) is 23.9. The molecule has 1 aliphatic heterocycles.